The first-order valence-electron chi connectivity index (χ1n) is 7.31. The molecular formula is C17H20N2OS. The van der Waals surface area contributed by atoms with E-state index in [-0.39, 0.29) is 5.91 Å². The maximum atomic E-state index is 12.4. The fourth-order valence-electron chi connectivity index (χ4n) is 2.99. The topological polar surface area (TPSA) is 23.6 Å². The van der Waals surface area contributed by atoms with Crippen molar-refractivity contribution in [1.29, 1.82) is 0 Å². The quantitative estimate of drug-likeness (QED) is 0.849. The Hall–Kier alpha value is -1.81. The van der Waals surface area contributed by atoms with Gasteiger partial charge in [0.05, 0.1) is 4.88 Å². The predicted octanol–water partition coefficient (Wildman–Crippen LogP) is 3.33. The van der Waals surface area contributed by atoms with E-state index >= 15 is 0 Å². The number of aryl methyl sites for hydroxylation is 2. The molecule has 1 aliphatic rings. The Balaban J connectivity index is 1.69. The van der Waals surface area contributed by atoms with Crippen LogP contribution in [0.5, 0.6) is 0 Å². The van der Waals surface area contributed by atoms with Crippen molar-refractivity contribution >= 4 is 22.9 Å². The van der Waals surface area contributed by atoms with Crippen LogP contribution in [0, 0.1) is 13.8 Å². The molecule has 0 unspecified atom stereocenters. The smallest absolute Gasteiger partial charge is 0.264 e. The lowest BCUT2D eigenvalue weighted by molar-refractivity contribution is 0.0751. The van der Waals surface area contributed by atoms with Crippen LogP contribution in [-0.4, -0.2) is 37.0 Å². The molecule has 1 saturated heterocycles. The van der Waals surface area contributed by atoms with E-state index in [2.05, 4.69) is 36.9 Å². The molecular weight excluding hydrogens is 280 g/mol. The minimum atomic E-state index is 0.172. The molecule has 1 fully saturated rings. The summed E-state index contributed by atoms with van der Waals surface area (Å²) in [6.45, 7) is 7.72. The zero-order valence-corrected chi connectivity index (χ0v) is 13.3. The van der Waals surface area contributed by atoms with Crippen LogP contribution in [-0.2, 0) is 0 Å². The summed E-state index contributed by atoms with van der Waals surface area (Å²) >= 11 is 1.52. The van der Waals surface area contributed by atoms with Gasteiger partial charge in [0.25, 0.3) is 5.91 Å². The van der Waals surface area contributed by atoms with Crippen LogP contribution < -0.4 is 4.90 Å². The predicted molar refractivity (Wildman–Crippen MR) is 88.4 cm³/mol. The van der Waals surface area contributed by atoms with Gasteiger partial charge in [0.2, 0.25) is 0 Å². The molecule has 0 N–H and O–H groups in total. The second-order valence-corrected chi connectivity index (χ2v) is 6.44. The van der Waals surface area contributed by atoms with Crippen molar-refractivity contribution in [2.24, 2.45) is 0 Å². The molecule has 1 amide bonds. The van der Waals surface area contributed by atoms with Crippen LogP contribution in [0.25, 0.3) is 0 Å². The standard InChI is InChI=1S/C17H20N2OS/c1-13-5-3-6-14(2)16(13)18-8-10-19(11-9-18)17(20)15-7-4-12-21-15/h3-7,12H,8-11H2,1-2H3. The summed E-state index contributed by atoms with van der Waals surface area (Å²) in [6, 6.07) is 10.3. The molecule has 1 aromatic heterocycles. The lowest BCUT2D eigenvalue weighted by Gasteiger charge is -2.37. The van der Waals surface area contributed by atoms with Gasteiger partial charge in [0, 0.05) is 31.9 Å². The minimum absolute atomic E-state index is 0.172. The number of carbonyl (C=O) groups is 1. The first-order valence-corrected chi connectivity index (χ1v) is 8.19. The SMILES string of the molecule is Cc1cccc(C)c1N1CCN(C(=O)c2cccs2)CC1. The number of carbonyl (C=O) groups excluding carboxylic acids is 1. The summed E-state index contributed by atoms with van der Waals surface area (Å²) in [5.41, 5.74) is 3.96. The van der Waals surface area contributed by atoms with Crippen LogP contribution in [0.4, 0.5) is 5.69 Å². The second kappa shape index (κ2) is 5.90. The summed E-state index contributed by atoms with van der Waals surface area (Å²) in [7, 11) is 0. The Kier molecular flexibility index (Phi) is 3.97. The van der Waals surface area contributed by atoms with Crippen molar-refractivity contribution in [1.82, 2.24) is 4.90 Å². The fourth-order valence-corrected chi connectivity index (χ4v) is 3.68. The Bertz CT molecular complexity index is 608. The zero-order valence-electron chi connectivity index (χ0n) is 12.5. The lowest BCUT2D eigenvalue weighted by Crippen LogP contribution is -2.49. The molecule has 4 heteroatoms. The second-order valence-electron chi connectivity index (χ2n) is 5.50. The van der Waals surface area contributed by atoms with Crippen LogP contribution in [0.15, 0.2) is 35.7 Å². The van der Waals surface area contributed by atoms with Crippen LogP contribution in [0.3, 0.4) is 0 Å². The molecule has 3 rings (SSSR count). The maximum Gasteiger partial charge on any atom is 0.264 e. The monoisotopic (exact) mass is 300 g/mol. The van der Waals surface area contributed by atoms with Crippen molar-refractivity contribution < 1.29 is 4.79 Å². The van der Waals surface area contributed by atoms with Crippen molar-refractivity contribution in [3.63, 3.8) is 0 Å². The number of hydrogen-bond acceptors (Lipinski definition) is 3. The summed E-state index contributed by atoms with van der Waals surface area (Å²) < 4.78 is 0. The third-order valence-electron chi connectivity index (χ3n) is 4.05. The van der Waals surface area contributed by atoms with E-state index in [1.165, 1.54) is 28.2 Å². The number of amides is 1. The molecule has 110 valence electrons. The largest absolute Gasteiger partial charge is 0.368 e. The molecule has 2 aromatic rings. The van der Waals surface area contributed by atoms with E-state index in [1.54, 1.807) is 0 Å². The summed E-state index contributed by atoms with van der Waals surface area (Å²) in [6.07, 6.45) is 0. The Labute approximate surface area is 129 Å². The zero-order chi connectivity index (χ0) is 14.8. The van der Waals surface area contributed by atoms with E-state index in [1.807, 2.05) is 22.4 Å². The van der Waals surface area contributed by atoms with Crippen molar-refractivity contribution in [2.45, 2.75) is 13.8 Å². The third kappa shape index (κ3) is 2.81. The highest BCUT2D eigenvalue weighted by atomic mass is 32.1. The van der Waals surface area contributed by atoms with Crippen LogP contribution in [0.1, 0.15) is 20.8 Å². The first-order chi connectivity index (χ1) is 10.2. The average Bonchev–Trinajstić information content (AvgIpc) is 3.01. The highest BCUT2D eigenvalue weighted by molar-refractivity contribution is 7.12. The van der Waals surface area contributed by atoms with Gasteiger partial charge < -0.3 is 9.80 Å². The minimum Gasteiger partial charge on any atom is -0.368 e. The van der Waals surface area contributed by atoms with Gasteiger partial charge >= 0.3 is 0 Å². The molecule has 0 aliphatic carbocycles. The molecule has 0 bridgehead atoms. The number of hydrogen-bond donors (Lipinski definition) is 0. The molecule has 1 aliphatic heterocycles. The molecule has 0 saturated carbocycles. The van der Waals surface area contributed by atoms with Crippen LogP contribution >= 0.6 is 11.3 Å². The van der Waals surface area contributed by atoms with E-state index in [0.29, 0.717) is 0 Å². The highest BCUT2D eigenvalue weighted by Gasteiger charge is 2.24. The van der Waals surface area contributed by atoms with E-state index in [0.717, 1.165) is 31.1 Å². The summed E-state index contributed by atoms with van der Waals surface area (Å²) in [5.74, 6) is 0.172. The van der Waals surface area contributed by atoms with Crippen LogP contribution in [0.2, 0.25) is 0 Å². The Morgan fingerprint density at radius 2 is 1.67 bits per heavy atom. The van der Waals surface area contributed by atoms with E-state index in [4.69, 9.17) is 0 Å². The summed E-state index contributed by atoms with van der Waals surface area (Å²) in [4.78, 5) is 17.6. The Morgan fingerprint density at radius 1 is 1.00 bits per heavy atom. The highest BCUT2D eigenvalue weighted by Crippen LogP contribution is 2.26. The molecule has 3 nitrogen and oxygen atoms in total. The average molecular weight is 300 g/mol. The number of piperazine rings is 1. The molecule has 0 radical (unpaired) electrons. The normalized spacial score (nSPS) is 15.3. The molecule has 0 atom stereocenters. The van der Waals surface area contributed by atoms with Gasteiger partial charge in [-0.25, -0.2) is 0 Å². The number of benzene rings is 1. The van der Waals surface area contributed by atoms with Gasteiger partial charge in [-0.15, -0.1) is 11.3 Å². The van der Waals surface area contributed by atoms with E-state index in [9.17, 15) is 4.79 Å². The van der Waals surface area contributed by atoms with Crippen molar-refractivity contribution in [3.05, 3.63) is 51.7 Å². The van der Waals surface area contributed by atoms with Crippen molar-refractivity contribution in [3.8, 4) is 0 Å². The fraction of sp³-hybridized carbons (Fsp3) is 0.353. The van der Waals surface area contributed by atoms with Gasteiger partial charge in [-0.3, -0.25) is 4.79 Å². The molecule has 0 spiro atoms. The maximum absolute atomic E-state index is 12.4. The first kappa shape index (κ1) is 14.1. The summed E-state index contributed by atoms with van der Waals surface area (Å²) in [5, 5.41) is 1.96. The van der Waals surface area contributed by atoms with Gasteiger partial charge in [-0.1, -0.05) is 24.3 Å². The molecule has 1 aromatic carbocycles. The van der Waals surface area contributed by atoms with Gasteiger partial charge in [-0.2, -0.15) is 0 Å². The van der Waals surface area contributed by atoms with Gasteiger partial charge in [0.15, 0.2) is 0 Å². The number of rotatable bonds is 2. The lowest BCUT2D eigenvalue weighted by atomic mass is 10.1. The van der Waals surface area contributed by atoms with Gasteiger partial charge in [0.1, 0.15) is 0 Å². The number of nitrogens with zero attached hydrogens (tertiary/aromatic N) is 2. The molecule has 2 heterocycles. The third-order valence-corrected chi connectivity index (χ3v) is 4.91. The number of anilines is 1. The molecule has 21 heavy (non-hydrogen) atoms. The van der Waals surface area contributed by atoms with E-state index < -0.39 is 0 Å². The Morgan fingerprint density at radius 3 is 2.24 bits per heavy atom. The number of thiophene rings is 1. The number of para-hydroxylation sites is 1. The van der Waals surface area contributed by atoms with Crippen molar-refractivity contribution in [2.75, 3.05) is 31.1 Å². The van der Waals surface area contributed by atoms with Gasteiger partial charge in [-0.05, 0) is 36.4 Å².